The van der Waals surface area contributed by atoms with E-state index in [9.17, 15) is 9.59 Å². The summed E-state index contributed by atoms with van der Waals surface area (Å²) in [5.41, 5.74) is 0. The minimum Gasteiger partial charge on any atom is -1.00 e. The van der Waals surface area contributed by atoms with Gasteiger partial charge in [-0.3, -0.25) is 14.9 Å². The molecule has 0 aromatic rings. The van der Waals surface area contributed by atoms with E-state index in [1.54, 1.807) is 0 Å². The Kier molecular flexibility index (Phi) is 57.1. The molecular weight excluding hydrogens is 430 g/mol. The zero-order chi connectivity index (χ0) is 7.98. The van der Waals surface area contributed by atoms with Gasteiger partial charge in [-0.1, -0.05) is 0 Å². The van der Waals surface area contributed by atoms with Crippen LogP contribution in [0.5, 0.6) is 0 Å². The van der Waals surface area contributed by atoms with E-state index < -0.39 is 0 Å². The van der Waals surface area contributed by atoms with Gasteiger partial charge in [0.2, 0.25) is 11.8 Å². The van der Waals surface area contributed by atoms with E-state index in [2.05, 4.69) is 5.32 Å². The SMILES string of the molecule is O=C1CCC(=O)N1.O=N[O-].[CH3-].[CH3-].[Cl-].[Cl-].[Pt+4]. The van der Waals surface area contributed by atoms with Gasteiger partial charge in [-0.05, 0) is 0 Å². The van der Waals surface area contributed by atoms with Gasteiger partial charge >= 0.3 is 21.1 Å². The van der Waals surface area contributed by atoms with Gasteiger partial charge in [0.1, 0.15) is 0 Å². The number of nitrogens with zero attached hydrogens (tertiary/aromatic N) is 1. The maximum atomic E-state index is 10.1. The van der Waals surface area contributed by atoms with Gasteiger partial charge in [-0.25, -0.2) is 0 Å². The van der Waals surface area contributed by atoms with Crippen LogP contribution in [0, 0.1) is 25.0 Å². The Bertz CT molecular complexity index is 157. The molecule has 1 N–H and O–H groups in total. The van der Waals surface area contributed by atoms with Crippen molar-refractivity contribution in [1.82, 2.24) is 5.32 Å². The molecule has 0 radical (unpaired) electrons. The standard InChI is InChI=1S/C4H5NO2.2CH3.2ClH.HNO2.Pt/c6-3-1-2-4(7)5-3;;;;;2-1-3;/h1-2H2,(H,5,6,7);2*1H3;2*1H;(H,2,3);/q;2*-1;;;;+4/p-3. The van der Waals surface area contributed by atoms with E-state index in [1.807, 2.05) is 0 Å². The average Bonchev–Trinajstić information content (AvgIpc) is 2.17. The molecule has 0 aromatic carbocycles. The molecule has 15 heavy (non-hydrogen) atoms. The fraction of sp³-hybridized carbons (Fsp3) is 0.333. The van der Waals surface area contributed by atoms with Crippen molar-refractivity contribution in [2.45, 2.75) is 12.8 Å². The summed E-state index contributed by atoms with van der Waals surface area (Å²) < 4.78 is 0. The molecule has 0 saturated carbocycles. The fourth-order valence-electron chi connectivity index (χ4n) is 0.508. The molecule has 1 aliphatic rings. The number of amides is 2. The number of hydrogen-bond donors (Lipinski definition) is 1. The molecule has 1 rings (SSSR count). The van der Waals surface area contributed by atoms with E-state index in [0.717, 1.165) is 5.34 Å². The molecule has 1 aliphatic heterocycles. The maximum absolute atomic E-state index is 10.1. The Hall–Kier alpha value is -0.192. The number of hydrogen-bond acceptors (Lipinski definition) is 5. The Morgan fingerprint density at radius 3 is 1.33 bits per heavy atom. The van der Waals surface area contributed by atoms with Gasteiger partial charge < -0.3 is 49.8 Å². The molecule has 1 fully saturated rings. The second-order valence-electron chi connectivity index (χ2n) is 1.55. The van der Waals surface area contributed by atoms with Crippen LogP contribution in [-0.4, -0.2) is 11.8 Å². The van der Waals surface area contributed by atoms with Crippen molar-refractivity contribution >= 4 is 11.8 Å². The van der Waals surface area contributed by atoms with E-state index in [1.165, 1.54) is 0 Å². The van der Waals surface area contributed by atoms with Crippen LogP contribution in [0.3, 0.4) is 0 Å². The summed E-state index contributed by atoms with van der Waals surface area (Å²) >= 11 is 0. The van der Waals surface area contributed by atoms with Crippen molar-refractivity contribution in [3.05, 3.63) is 25.0 Å². The monoisotopic (exact) mass is 440 g/mol. The van der Waals surface area contributed by atoms with Crippen molar-refractivity contribution < 1.29 is 55.5 Å². The second-order valence-corrected chi connectivity index (χ2v) is 1.55. The van der Waals surface area contributed by atoms with E-state index in [4.69, 9.17) is 10.1 Å². The Balaban J connectivity index is -0.0000000234. The topological polar surface area (TPSA) is 98.7 Å². The number of nitrogens with one attached hydrogen (secondary N) is 1. The smallest absolute Gasteiger partial charge is 1.00 e. The molecule has 2 amide bonds. The van der Waals surface area contributed by atoms with E-state index in [-0.39, 0.29) is 72.5 Å². The van der Waals surface area contributed by atoms with Crippen LogP contribution in [-0.2, 0) is 30.7 Å². The molecule has 6 nitrogen and oxygen atoms in total. The molecule has 0 aromatic heterocycles. The summed E-state index contributed by atoms with van der Waals surface area (Å²) in [5, 5.41) is 11.1. The first kappa shape index (κ1) is 36.4. The van der Waals surface area contributed by atoms with E-state index >= 15 is 0 Å². The van der Waals surface area contributed by atoms with Gasteiger partial charge in [0.25, 0.3) is 0 Å². The van der Waals surface area contributed by atoms with Gasteiger partial charge in [-0.2, -0.15) is 0 Å². The first-order chi connectivity index (χ1) is 4.70. The third kappa shape index (κ3) is 24.8. The second kappa shape index (κ2) is 23.5. The molecule has 0 aliphatic carbocycles. The number of rotatable bonds is 0. The molecule has 1 heterocycles. The summed E-state index contributed by atoms with van der Waals surface area (Å²) in [7, 11) is 0. The normalized spacial score (nSPS) is 10.1. The van der Waals surface area contributed by atoms with Crippen molar-refractivity contribution in [3.63, 3.8) is 0 Å². The van der Waals surface area contributed by atoms with Gasteiger partial charge in [0, 0.05) is 12.8 Å². The van der Waals surface area contributed by atoms with Crippen LogP contribution in [0.2, 0.25) is 0 Å². The zero-order valence-electron chi connectivity index (χ0n) is 8.07. The molecule has 0 spiro atoms. The summed E-state index contributed by atoms with van der Waals surface area (Å²) in [5.74, 6) is -0.296. The minimum atomic E-state index is -0.148. The maximum Gasteiger partial charge on any atom is 4.00 e. The predicted octanol–water partition coefficient (Wildman–Crippen LogP) is -5.42. The van der Waals surface area contributed by atoms with Crippen LogP contribution in [0.1, 0.15) is 12.8 Å². The summed E-state index contributed by atoms with van der Waals surface area (Å²) in [6, 6.07) is 0. The fourth-order valence-corrected chi connectivity index (χ4v) is 0.508. The zero-order valence-corrected chi connectivity index (χ0v) is 11.9. The largest absolute Gasteiger partial charge is 4.00 e. The Labute approximate surface area is 116 Å². The van der Waals surface area contributed by atoms with Gasteiger partial charge in [-0.15, -0.1) is 5.34 Å². The number of carbonyl (C=O) groups excluding carboxylic acids is 2. The quantitative estimate of drug-likeness (QED) is 0.176. The summed E-state index contributed by atoms with van der Waals surface area (Å²) in [6.45, 7) is 0. The summed E-state index contributed by atoms with van der Waals surface area (Å²) in [4.78, 5) is 28.2. The van der Waals surface area contributed by atoms with Gasteiger partial charge in [0.15, 0.2) is 0 Å². The van der Waals surface area contributed by atoms with Crippen LogP contribution in [0.4, 0.5) is 0 Å². The van der Waals surface area contributed by atoms with Crippen molar-refractivity contribution in [2.24, 2.45) is 5.34 Å². The molecule has 1 saturated heterocycles. The Morgan fingerprint density at radius 2 is 1.27 bits per heavy atom. The first-order valence-electron chi connectivity index (χ1n) is 2.48. The van der Waals surface area contributed by atoms with Crippen LogP contribution in [0.25, 0.3) is 0 Å². The third-order valence-electron chi connectivity index (χ3n) is 0.858. The van der Waals surface area contributed by atoms with Crippen LogP contribution >= 0.6 is 0 Å². The average molecular weight is 441 g/mol. The van der Waals surface area contributed by atoms with Crippen LogP contribution in [0.15, 0.2) is 5.34 Å². The van der Waals surface area contributed by atoms with Crippen LogP contribution < -0.4 is 30.1 Å². The molecule has 0 bridgehead atoms. The molecule has 94 valence electrons. The molecule has 0 atom stereocenters. The molecule has 9 heteroatoms. The molecule has 0 unspecified atom stereocenters. The number of imide groups is 1. The van der Waals surface area contributed by atoms with Gasteiger partial charge in [0.05, 0.1) is 0 Å². The first-order valence-corrected chi connectivity index (χ1v) is 2.48. The predicted molar refractivity (Wildman–Crippen MR) is 44.4 cm³/mol. The summed E-state index contributed by atoms with van der Waals surface area (Å²) in [6.07, 6.45) is 0.748. The number of carbonyl (C=O) groups is 2. The molecular formula is C6H11Cl2N2O4Pt-. The van der Waals surface area contributed by atoms with Crippen molar-refractivity contribution in [1.29, 1.82) is 0 Å². The van der Waals surface area contributed by atoms with Crippen molar-refractivity contribution in [3.8, 4) is 0 Å². The minimum absolute atomic E-state index is 0. The van der Waals surface area contributed by atoms with E-state index in [0.29, 0.717) is 12.8 Å². The number of halogens is 2. The Morgan fingerprint density at radius 1 is 1.07 bits per heavy atom. The van der Waals surface area contributed by atoms with Crippen molar-refractivity contribution in [2.75, 3.05) is 0 Å². The third-order valence-corrected chi connectivity index (χ3v) is 0.858.